The summed E-state index contributed by atoms with van der Waals surface area (Å²) in [7, 11) is 0. The first-order valence-corrected chi connectivity index (χ1v) is 9.45. The molecule has 1 amide bonds. The predicted octanol–water partition coefficient (Wildman–Crippen LogP) is 1.80. The number of benzene rings is 1. The first kappa shape index (κ1) is 17.7. The van der Waals surface area contributed by atoms with Gasteiger partial charge in [-0.2, -0.15) is 0 Å². The highest BCUT2D eigenvalue weighted by Gasteiger charge is 2.38. The number of nitrogens with one attached hydrogen (secondary N) is 1. The third-order valence-corrected chi connectivity index (χ3v) is 5.70. The van der Waals surface area contributed by atoms with Crippen molar-refractivity contribution in [2.24, 2.45) is 0 Å². The molecule has 3 heterocycles. The lowest BCUT2D eigenvalue weighted by Crippen LogP contribution is -2.48. The zero-order chi connectivity index (χ0) is 18.8. The molecule has 142 valence electrons. The van der Waals surface area contributed by atoms with Crippen LogP contribution >= 0.6 is 0 Å². The van der Waals surface area contributed by atoms with E-state index in [0.29, 0.717) is 24.6 Å². The summed E-state index contributed by atoms with van der Waals surface area (Å²) in [5.74, 6) is -0.626. The molecule has 1 saturated heterocycles. The van der Waals surface area contributed by atoms with E-state index in [9.17, 15) is 14.7 Å². The maximum Gasteiger partial charge on any atom is 0.332 e. The number of hydrogen-bond donors (Lipinski definition) is 2. The second-order valence-corrected chi connectivity index (χ2v) is 7.31. The number of carbonyl (C=O) groups is 2. The molecule has 1 atom stereocenters. The molecule has 0 bridgehead atoms. The molecule has 4 rings (SSSR count). The molecule has 2 aliphatic rings. The number of hydrogen-bond acceptors (Lipinski definition) is 4. The van der Waals surface area contributed by atoms with E-state index in [-0.39, 0.29) is 12.5 Å². The van der Waals surface area contributed by atoms with Crippen LogP contribution in [0.25, 0.3) is 0 Å². The molecule has 27 heavy (non-hydrogen) atoms. The second kappa shape index (κ2) is 7.52. The van der Waals surface area contributed by atoms with E-state index >= 15 is 0 Å². The number of aromatic amines is 1. The van der Waals surface area contributed by atoms with Gasteiger partial charge in [0.2, 0.25) is 5.91 Å². The van der Waals surface area contributed by atoms with Gasteiger partial charge in [0, 0.05) is 18.7 Å². The average Bonchev–Trinajstić information content (AvgIpc) is 3.17. The van der Waals surface area contributed by atoms with Gasteiger partial charge in [-0.1, -0.05) is 30.3 Å². The summed E-state index contributed by atoms with van der Waals surface area (Å²) in [6.45, 7) is 2.38. The van der Waals surface area contributed by atoms with Crippen LogP contribution in [0.1, 0.15) is 41.8 Å². The SMILES string of the molecule is O=C(O)C1c2nc[nH]c2CCN1C(=O)CN1CCC(c2ccccc2)CC1. The molecule has 0 saturated carbocycles. The van der Waals surface area contributed by atoms with Gasteiger partial charge in [0.15, 0.2) is 6.04 Å². The van der Waals surface area contributed by atoms with Crippen LogP contribution in [0.2, 0.25) is 0 Å². The molecule has 0 spiro atoms. The molecule has 1 aromatic heterocycles. The van der Waals surface area contributed by atoms with Crippen LogP contribution < -0.4 is 0 Å². The number of carbonyl (C=O) groups excluding carboxylic acids is 1. The van der Waals surface area contributed by atoms with Crippen molar-refractivity contribution in [2.75, 3.05) is 26.2 Å². The number of H-pyrrole nitrogens is 1. The Morgan fingerprint density at radius 2 is 1.89 bits per heavy atom. The number of imidazole rings is 1. The normalized spacial score (nSPS) is 21.0. The number of carboxylic acid groups (broad SMARTS) is 1. The van der Waals surface area contributed by atoms with Gasteiger partial charge in [-0.25, -0.2) is 9.78 Å². The summed E-state index contributed by atoms with van der Waals surface area (Å²) in [4.78, 5) is 35.3. The number of rotatable bonds is 4. The van der Waals surface area contributed by atoms with Gasteiger partial charge in [-0.15, -0.1) is 0 Å². The number of aromatic nitrogens is 2. The van der Waals surface area contributed by atoms with Crippen LogP contribution in [0.3, 0.4) is 0 Å². The number of nitrogens with zero attached hydrogens (tertiary/aromatic N) is 3. The van der Waals surface area contributed by atoms with Crippen LogP contribution in [0.4, 0.5) is 0 Å². The van der Waals surface area contributed by atoms with Gasteiger partial charge in [0.1, 0.15) is 0 Å². The summed E-state index contributed by atoms with van der Waals surface area (Å²) in [6.07, 6.45) is 4.15. The highest BCUT2D eigenvalue weighted by Crippen LogP contribution is 2.30. The lowest BCUT2D eigenvalue weighted by molar-refractivity contribution is -0.152. The molecule has 7 nitrogen and oxygen atoms in total. The van der Waals surface area contributed by atoms with Gasteiger partial charge in [0.25, 0.3) is 0 Å². The minimum atomic E-state index is -1.03. The molecular formula is C20H24N4O3. The predicted molar refractivity (Wildman–Crippen MR) is 99.2 cm³/mol. The Morgan fingerprint density at radius 1 is 1.15 bits per heavy atom. The number of piperidine rings is 1. The van der Waals surface area contributed by atoms with Crippen LogP contribution in [-0.2, 0) is 16.0 Å². The fourth-order valence-corrected chi connectivity index (χ4v) is 4.23. The van der Waals surface area contributed by atoms with Crippen molar-refractivity contribution in [1.29, 1.82) is 0 Å². The van der Waals surface area contributed by atoms with Crippen molar-refractivity contribution in [2.45, 2.75) is 31.2 Å². The highest BCUT2D eigenvalue weighted by molar-refractivity contribution is 5.86. The number of fused-ring (bicyclic) bond motifs is 1. The monoisotopic (exact) mass is 368 g/mol. The van der Waals surface area contributed by atoms with Crippen LogP contribution in [-0.4, -0.2) is 62.9 Å². The van der Waals surface area contributed by atoms with Crippen molar-refractivity contribution in [3.8, 4) is 0 Å². The van der Waals surface area contributed by atoms with E-state index < -0.39 is 12.0 Å². The summed E-state index contributed by atoms with van der Waals surface area (Å²) >= 11 is 0. The topological polar surface area (TPSA) is 89.5 Å². The zero-order valence-electron chi connectivity index (χ0n) is 15.2. The van der Waals surface area contributed by atoms with Gasteiger partial charge < -0.3 is 15.0 Å². The van der Waals surface area contributed by atoms with Gasteiger partial charge in [-0.3, -0.25) is 9.69 Å². The van der Waals surface area contributed by atoms with Crippen molar-refractivity contribution >= 4 is 11.9 Å². The molecular weight excluding hydrogens is 344 g/mol. The molecule has 2 aliphatic heterocycles. The minimum Gasteiger partial charge on any atom is -0.479 e. The zero-order valence-corrected chi connectivity index (χ0v) is 15.2. The first-order chi connectivity index (χ1) is 13.1. The van der Waals surface area contributed by atoms with Gasteiger partial charge in [0.05, 0.1) is 18.6 Å². The fourth-order valence-electron chi connectivity index (χ4n) is 4.23. The molecule has 2 aromatic rings. The van der Waals surface area contributed by atoms with Crippen molar-refractivity contribution in [1.82, 2.24) is 19.8 Å². The van der Waals surface area contributed by atoms with Crippen LogP contribution in [0.15, 0.2) is 36.7 Å². The van der Waals surface area contributed by atoms with E-state index in [1.165, 1.54) is 16.8 Å². The highest BCUT2D eigenvalue weighted by atomic mass is 16.4. The van der Waals surface area contributed by atoms with E-state index in [0.717, 1.165) is 31.6 Å². The van der Waals surface area contributed by atoms with Gasteiger partial charge in [-0.05, 0) is 37.4 Å². The smallest absolute Gasteiger partial charge is 0.332 e. The summed E-state index contributed by atoms with van der Waals surface area (Å²) < 4.78 is 0. The number of likely N-dealkylation sites (tertiary alicyclic amines) is 1. The van der Waals surface area contributed by atoms with Crippen LogP contribution in [0.5, 0.6) is 0 Å². The van der Waals surface area contributed by atoms with E-state index in [4.69, 9.17) is 0 Å². The lowest BCUT2D eigenvalue weighted by atomic mass is 9.89. The Morgan fingerprint density at radius 3 is 2.59 bits per heavy atom. The van der Waals surface area contributed by atoms with Crippen LogP contribution in [0, 0.1) is 0 Å². The third-order valence-electron chi connectivity index (χ3n) is 5.70. The minimum absolute atomic E-state index is 0.130. The molecule has 0 aliphatic carbocycles. The third kappa shape index (κ3) is 3.60. The fraction of sp³-hybridized carbons (Fsp3) is 0.450. The standard InChI is InChI=1S/C20H24N4O3/c25-17(24-11-8-16-18(22-13-21-16)19(24)20(26)27)12-23-9-6-15(7-10-23)14-4-2-1-3-5-14/h1-5,13,15,19H,6-12H2,(H,21,22)(H,26,27). The summed E-state index contributed by atoms with van der Waals surface area (Å²) in [6, 6.07) is 9.50. The molecule has 2 N–H and O–H groups in total. The average molecular weight is 368 g/mol. The van der Waals surface area contributed by atoms with Crippen molar-refractivity contribution in [3.63, 3.8) is 0 Å². The Balaban J connectivity index is 1.38. The summed E-state index contributed by atoms with van der Waals surface area (Å²) in [5.41, 5.74) is 2.64. The molecule has 0 radical (unpaired) electrons. The first-order valence-electron chi connectivity index (χ1n) is 9.45. The van der Waals surface area contributed by atoms with Crippen molar-refractivity contribution in [3.05, 3.63) is 53.6 Å². The molecule has 1 unspecified atom stereocenters. The maximum atomic E-state index is 12.8. The maximum absolute atomic E-state index is 12.8. The molecule has 1 fully saturated rings. The Bertz CT molecular complexity index is 812. The van der Waals surface area contributed by atoms with E-state index in [1.54, 1.807) is 0 Å². The number of amides is 1. The molecule has 1 aromatic carbocycles. The Hall–Kier alpha value is -2.67. The number of aliphatic carboxylic acids is 1. The summed E-state index contributed by atoms with van der Waals surface area (Å²) in [5, 5.41) is 9.63. The largest absolute Gasteiger partial charge is 0.479 e. The lowest BCUT2D eigenvalue weighted by Gasteiger charge is -2.36. The van der Waals surface area contributed by atoms with Gasteiger partial charge >= 0.3 is 5.97 Å². The Labute approximate surface area is 158 Å². The Kier molecular flexibility index (Phi) is 4.94. The quantitative estimate of drug-likeness (QED) is 0.859. The number of carboxylic acids is 1. The second-order valence-electron chi connectivity index (χ2n) is 7.31. The van der Waals surface area contributed by atoms with E-state index in [2.05, 4.69) is 39.1 Å². The molecule has 7 heteroatoms. The van der Waals surface area contributed by atoms with Crippen molar-refractivity contribution < 1.29 is 14.7 Å². The van der Waals surface area contributed by atoms with E-state index in [1.807, 2.05) is 6.07 Å².